The molecule has 1 fully saturated rings. The van der Waals surface area contributed by atoms with Gasteiger partial charge in [0.25, 0.3) is 0 Å². The highest BCUT2D eigenvalue weighted by atomic mass is 19.1. The molecule has 2 rings (SSSR count). The van der Waals surface area contributed by atoms with Crippen molar-refractivity contribution in [2.24, 2.45) is 11.3 Å². The van der Waals surface area contributed by atoms with Crippen LogP contribution in [0.15, 0.2) is 18.2 Å². The van der Waals surface area contributed by atoms with Gasteiger partial charge in [-0.2, -0.15) is 0 Å². The van der Waals surface area contributed by atoms with Crippen LogP contribution in [0.1, 0.15) is 25.8 Å². The maximum absolute atomic E-state index is 13.6. The Bertz CT molecular complexity index is 459. The van der Waals surface area contributed by atoms with Gasteiger partial charge in [0.15, 0.2) is 0 Å². The Hall–Kier alpha value is -1.29. The van der Waals surface area contributed by atoms with E-state index in [0.29, 0.717) is 6.54 Å². The molecule has 0 saturated carbocycles. The topological polar surface area (TPSA) is 29.1 Å². The van der Waals surface area contributed by atoms with E-state index in [-0.39, 0.29) is 23.7 Å². The molecule has 0 spiro atoms. The lowest BCUT2D eigenvalue weighted by Gasteiger charge is -2.31. The van der Waals surface area contributed by atoms with Gasteiger partial charge in [0.2, 0.25) is 0 Å². The smallest absolute Gasteiger partial charge is 0.145 e. The van der Waals surface area contributed by atoms with Crippen LogP contribution in [0.4, 0.5) is 8.78 Å². The van der Waals surface area contributed by atoms with Gasteiger partial charge in [-0.15, -0.1) is 0 Å². The van der Waals surface area contributed by atoms with Crippen molar-refractivity contribution in [3.8, 4) is 0 Å². The Morgan fingerprint density at radius 1 is 1.37 bits per heavy atom. The first-order chi connectivity index (χ1) is 8.97. The van der Waals surface area contributed by atoms with Crippen LogP contribution in [-0.4, -0.2) is 18.9 Å². The minimum atomic E-state index is -0.641. The van der Waals surface area contributed by atoms with Gasteiger partial charge in [-0.05, 0) is 31.0 Å². The first kappa shape index (κ1) is 14.1. The van der Waals surface area contributed by atoms with Crippen LogP contribution in [0.3, 0.4) is 0 Å². The number of carbonyl (C=O) groups is 1. The summed E-state index contributed by atoms with van der Waals surface area (Å²) >= 11 is 0. The van der Waals surface area contributed by atoms with Crippen LogP contribution in [0.2, 0.25) is 0 Å². The Morgan fingerprint density at radius 3 is 2.47 bits per heavy atom. The Kier molecular flexibility index (Phi) is 3.99. The van der Waals surface area contributed by atoms with Crippen molar-refractivity contribution in [3.05, 3.63) is 35.4 Å². The zero-order chi connectivity index (χ0) is 14.0. The highest BCUT2D eigenvalue weighted by Crippen LogP contribution is 2.36. The maximum Gasteiger partial charge on any atom is 0.145 e. The summed E-state index contributed by atoms with van der Waals surface area (Å²) in [6, 6.07) is 3.70. The van der Waals surface area contributed by atoms with Gasteiger partial charge >= 0.3 is 0 Å². The summed E-state index contributed by atoms with van der Waals surface area (Å²) in [5.41, 5.74) is -0.603. The van der Waals surface area contributed by atoms with Gasteiger partial charge in [0.1, 0.15) is 17.4 Å². The van der Waals surface area contributed by atoms with E-state index in [0.717, 1.165) is 13.0 Å². The molecular weight excluding hydrogens is 248 g/mol. The zero-order valence-corrected chi connectivity index (χ0v) is 11.3. The van der Waals surface area contributed by atoms with E-state index in [1.807, 2.05) is 13.8 Å². The number of ketones is 1. The maximum atomic E-state index is 13.6. The summed E-state index contributed by atoms with van der Waals surface area (Å²) in [6.45, 7) is 5.36. The number of Topliss-reactive ketones (excluding diaryl/α,β-unsaturated/α-hetero) is 1. The second kappa shape index (κ2) is 5.37. The van der Waals surface area contributed by atoms with Crippen LogP contribution in [0.25, 0.3) is 0 Å². The largest absolute Gasteiger partial charge is 0.316 e. The third-order valence-corrected chi connectivity index (χ3v) is 4.25. The number of hydrogen-bond acceptors (Lipinski definition) is 2. The molecular formula is C15H19F2NO. The molecule has 1 N–H and O–H groups in total. The minimum absolute atomic E-state index is 0.0727. The van der Waals surface area contributed by atoms with Crippen LogP contribution >= 0.6 is 0 Å². The highest BCUT2D eigenvalue weighted by Gasteiger charge is 2.43. The van der Waals surface area contributed by atoms with Crippen LogP contribution in [-0.2, 0) is 11.2 Å². The van der Waals surface area contributed by atoms with Gasteiger partial charge in [0.05, 0.1) is 0 Å². The normalized spacial score (nSPS) is 23.0. The fraction of sp³-hybridized carbons (Fsp3) is 0.533. The Labute approximate surface area is 112 Å². The molecule has 1 unspecified atom stereocenters. The van der Waals surface area contributed by atoms with Gasteiger partial charge in [-0.3, -0.25) is 4.79 Å². The number of benzene rings is 1. The minimum Gasteiger partial charge on any atom is -0.316 e. The average molecular weight is 267 g/mol. The molecule has 0 aromatic heterocycles. The Morgan fingerprint density at radius 2 is 2.00 bits per heavy atom. The lowest BCUT2D eigenvalue weighted by molar-refractivity contribution is -0.129. The molecule has 1 saturated heterocycles. The van der Waals surface area contributed by atoms with Gasteiger partial charge in [-0.1, -0.05) is 19.9 Å². The fourth-order valence-electron chi connectivity index (χ4n) is 2.80. The van der Waals surface area contributed by atoms with Crippen molar-refractivity contribution in [2.75, 3.05) is 13.1 Å². The van der Waals surface area contributed by atoms with E-state index < -0.39 is 17.0 Å². The Balaban J connectivity index is 2.25. The van der Waals surface area contributed by atoms with E-state index in [9.17, 15) is 13.6 Å². The molecule has 0 radical (unpaired) electrons. The van der Waals surface area contributed by atoms with Crippen molar-refractivity contribution in [1.29, 1.82) is 0 Å². The summed E-state index contributed by atoms with van der Waals surface area (Å²) in [7, 11) is 0. The van der Waals surface area contributed by atoms with E-state index in [1.54, 1.807) is 0 Å². The molecule has 104 valence electrons. The SMILES string of the molecule is CC(C)C1(C(=O)Cc2c(F)cccc2F)CCNC1. The molecule has 2 nitrogen and oxygen atoms in total. The van der Waals surface area contributed by atoms with Crippen molar-refractivity contribution < 1.29 is 13.6 Å². The second-order valence-electron chi connectivity index (χ2n) is 5.54. The molecule has 1 aromatic carbocycles. The molecule has 0 aliphatic carbocycles. The molecule has 1 aromatic rings. The van der Waals surface area contributed by atoms with Crippen molar-refractivity contribution >= 4 is 5.78 Å². The van der Waals surface area contributed by atoms with Crippen molar-refractivity contribution in [1.82, 2.24) is 5.32 Å². The summed E-state index contributed by atoms with van der Waals surface area (Å²) in [5, 5.41) is 3.18. The molecule has 1 aliphatic heterocycles. The molecule has 1 aliphatic rings. The number of nitrogens with one attached hydrogen (secondary N) is 1. The predicted molar refractivity (Wildman–Crippen MR) is 69.8 cm³/mol. The molecule has 1 atom stereocenters. The van der Waals surface area contributed by atoms with Gasteiger partial charge < -0.3 is 5.32 Å². The van der Waals surface area contributed by atoms with Gasteiger partial charge in [-0.25, -0.2) is 8.78 Å². The lowest BCUT2D eigenvalue weighted by atomic mass is 9.71. The molecule has 19 heavy (non-hydrogen) atoms. The second-order valence-corrected chi connectivity index (χ2v) is 5.54. The quantitative estimate of drug-likeness (QED) is 0.908. The number of rotatable bonds is 4. The van der Waals surface area contributed by atoms with Crippen LogP contribution < -0.4 is 5.32 Å². The zero-order valence-electron chi connectivity index (χ0n) is 11.3. The standard InChI is InChI=1S/C15H19F2NO/c1-10(2)15(6-7-18-9-15)14(19)8-11-12(16)4-3-5-13(11)17/h3-5,10,18H,6-9H2,1-2H3. The van der Waals surface area contributed by atoms with E-state index in [2.05, 4.69) is 5.32 Å². The molecule has 0 bridgehead atoms. The highest BCUT2D eigenvalue weighted by molar-refractivity contribution is 5.87. The number of hydrogen-bond donors (Lipinski definition) is 1. The average Bonchev–Trinajstić information content (AvgIpc) is 2.84. The monoisotopic (exact) mass is 267 g/mol. The summed E-state index contributed by atoms with van der Waals surface area (Å²) < 4.78 is 27.2. The summed E-state index contributed by atoms with van der Waals surface area (Å²) in [4.78, 5) is 12.5. The fourth-order valence-corrected chi connectivity index (χ4v) is 2.80. The van der Waals surface area contributed by atoms with E-state index in [4.69, 9.17) is 0 Å². The first-order valence-electron chi connectivity index (χ1n) is 6.64. The van der Waals surface area contributed by atoms with Gasteiger partial charge in [0, 0.05) is 23.9 Å². The third kappa shape index (κ3) is 2.54. The number of carbonyl (C=O) groups excluding carboxylic acids is 1. The third-order valence-electron chi connectivity index (χ3n) is 4.25. The molecule has 4 heteroatoms. The van der Waals surface area contributed by atoms with Crippen LogP contribution in [0.5, 0.6) is 0 Å². The molecule has 0 amide bonds. The first-order valence-corrected chi connectivity index (χ1v) is 6.64. The van der Waals surface area contributed by atoms with E-state index >= 15 is 0 Å². The summed E-state index contributed by atoms with van der Waals surface area (Å²) in [6.07, 6.45) is 0.567. The van der Waals surface area contributed by atoms with E-state index in [1.165, 1.54) is 18.2 Å². The van der Waals surface area contributed by atoms with Crippen molar-refractivity contribution in [3.63, 3.8) is 0 Å². The van der Waals surface area contributed by atoms with Crippen molar-refractivity contribution in [2.45, 2.75) is 26.7 Å². The number of halogens is 2. The summed E-state index contributed by atoms with van der Waals surface area (Å²) in [5.74, 6) is -1.20. The molecule has 1 heterocycles. The predicted octanol–water partition coefficient (Wildman–Crippen LogP) is 2.71. The van der Waals surface area contributed by atoms with Crippen LogP contribution in [0, 0.1) is 23.0 Å². The lowest BCUT2D eigenvalue weighted by Crippen LogP contribution is -2.39.